The largest absolute Gasteiger partial charge is 0.488 e. The van der Waals surface area contributed by atoms with Gasteiger partial charge in [0.1, 0.15) is 30.3 Å². The summed E-state index contributed by atoms with van der Waals surface area (Å²) in [5.41, 5.74) is 8.04. The predicted molar refractivity (Wildman–Crippen MR) is 237 cm³/mol. The maximum absolute atomic E-state index is 14.1. The SMILES string of the molecule is CC[C@H]1C[C@@H](C2=Nc3ccc4cc5c(cc4c3C2)OCc2cc(-c3cnc([C@@H]4CC[C@H](CC)N4C(=O)[C@@H](NC(=O)OC)C(C)C)[nH]3)ccc2-5)N(C(=O)[C@@H](NC(=O)OC)C(C)C)C1. The van der Waals surface area contributed by atoms with Gasteiger partial charge in [0.15, 0.2) is 0 Å². The first kappa shape index (κ1) is 42.8. The van der Waals surface area contributed by atoms with Crippen molar-refractivity contribution >= 4 is 46.2 Å². The average molecular weight is 846 g/mol. The third-order valence-electron chi connectivity index (χ3n) is 13.5. The topological polar surface area (TPSA) is 168 Å². The molecular weight excluding hydrogens is 787 g/mol. The molecule has 0 radical (unpaired) electrons. The van der Waals surface area contributed by atoms with Gasteiger partial charge in [-0.3, -0.25) is 14.6 Å². The number of aromatic amines is 1. The fourth-order valence-corrected chi connectivity index (χ4v) is 9.94. The molecule has 4 amide bonds. The highest BCUT2D eigenvalue weighted by atomic mass is 16.5. The van der Waals surface area contributed by atoms with Crippen LogP contribution in [0.5, 0.6) is 5.75 Å². The number of aromatic nitrogens is 2. The van der Waals surface area contributed by atoms with Crippen LogP contribution in [0.1, 0.15) is 96.6 Å². The molecular formula is C48H59N7O7. The summed E-state index contributed by atoms with van der Waals surface area (Å²) in [6.07, 6.45) is 5.44. The molecule has 3 N–H and O–H groups in total. The molecule has 2 saturated heterocycles. The molecule has 2 fully saturated rings. The highest BCUT2D eigenvalue weighted by molar-refractivity contribution is 6.06. The van der Waals surface area contributed by atoms with Crippen LogP contribution in [0.2, 0.25) is 0 Å². The highest BCUT2D eigenvalue weighted by Gasteiger charge is 2.44. The van der Waals surface area contributed by atoms with Crippen molar-refractivity contribution in [1.82, 2.24) is 30.4 Å². The number of amides is 4. The number of carbonyl (C=O) groups excluding carboxylic acids is 4. The Labute approximate surface area is 363 Å². The minimum absolute atomic E-state index is 0.0390. The monoisotopic (exact) mass is 845 g/mol. The summed E-state index contributed by atoms with van der Waals surface area (Å²) in [7, 11) is 2.61. The Bertz CT molecular complexity index is 2420. The van der Waals surface area contributed by atoms with Crippen LogP contribution < -0.4 is 15.4 Å². The molecule has 5 heterocycles. The Hall–Kier alpha value is -5.92. The van der Waals surface area contributed by atoms with Gasteiger partial charge in [-0.1, -0.05) is 66.2 Å². The van der Waals surface area contributed by atoms with Crippen LogP contribution in [0.15, 0.2) is 53.7 Å². The molecule has 4 aromatic rings. The zero-order chi connectivity index (χ0) is 44.0. The Morgan fingerprint density at radius 3 is 2.27 bits per heavy atom. The Kier molecular flexibility index (Phi) is 12.0. The third kappa shape index (κ3) is 7.88. The average Bonchev–Trinajstić information content (AvgIpc) is 4.10. The van der Waals surface area contributed by atoms with Crippen LogP contribution in [0.4, 0.5) is 15.3 Å². The number of rotatable bonds is 11. The van der Waals surface area contributed by atoms with Crippen LogP contribution >= 0.6 is 0 Å². The van der Waals surface area contributed by atoms with Gasteiger partial charge in [-0.25, -0.2) is 14.6 Å². The van der Waals surface area contributed by atoms with Gasteiger partial charge in [-0.15, -0.1) is 0 Å². The summed E-state index contributed by atoms with van der Waals surface area (Å²) < 4.78 is 16.2. The van der Waals surface area contributed by atoms with Gasteiger partial charge in [-0.05, 0) is 101 Å². The van der Waals surface area contributed by atoms with E-state index in [1.807, 2.05) is 43.7 Å². The van der Waals surface area contributed by atoms with Crippen molar-refractivity contribution in [2.75, 3.05) is 20.8 Å². The van der Waals surface area contributed by atoms with Crippen LogP contribution in [0.3, 0.4) is 0 Å². The summed E-state index contributed by atoms with van der Waals surface area (Å²) in [5, 5.41) is 7.71. The van der Waals surface area contributed by atoms with E-state index in [1.165, 1.54) is 14.2 Å². The van der Waals surface area contributed by atoms with Gasteiger partial charge in [0.25, 0.3) is 0 Å². The molecule has 1 aromatic heterocycles. The normalized spacial score (nSPS) is 21.2. The number of ether oxygens (including phenoxy) is 3. The summed E-state index contributed by atoms with van der Waals surface area (Å²) >= 11 is 0. The van der Waals surface area contributed by atoms with E-state index >= 15 is 0 Å². The quantitative estimate of drug-likeness (QED) is 0.136. The summed E-state index contributed by atoms with van der Waals surface area (Å²) in [5.74, 6) is 1.42. The van der Waals surface area contributed by atoms with Crippen LogP contribution in [0, 0.1) is 17.8 Å². The number of alkyl carbamates (subject to hydrolysis) is 2. The maximum Gasteiger partial charge on any atom is 0.407 e. The van der Waals surface area contributed by atoms with Crippen molar-refractivity contribution in [3.63, 3.8) is 0 Å². The summed E-state index contributed by atoms with van der Waals surface area (Å²) in [6.45, 7) is 13.0. The van der Waals surface area contributed by atoms with E-state index in [4.69, 9.17) is 24.2 Å². The first-order valence-electron chi connectivity index (χ1n) is 22.1. The van der Waals surface area contributed by atoms with E-state index < -0.39 is 24.3 Å². The maximum atomic E-state index is 14.1. The van der Waals surface area contributed by atoms with Gasteiger partial charge in [0.2, 0.25) is 11.8 Å². The number of aliphatic imine (C=N–C) groups is 1. The van der Waals surface area contributed by atoms with E-state index in [2.05, 4.69) is 71.9 Å². The molecule has 14 nitrogen and oxygen atoms in total. The van der Waals surface area contributed by atoms with Crippen LogP contribution in [-0.4, -0.2) is 94.4 Å². The Morgan fingerprint density at radius 1 is 0.871 bits per heavy atom. The summed E-state index contributed by atoms with van der Waals surface area (Å²) in [4.78, 5) is 69.8. The molecule has 0 spiro atoms. The van der Waals surface area contributed by atoms with Crippen molar-refractivity contribution in [3.8, 4) is 28.1 Å². The molecule has 4 aliphatic heterocycles. The predicted octanol–water partition coefficient (Wildman–Crippen LogP) is 8.25. The van der Waals surface area contributed by atoms with E-state index in [0.717, 1.165) is 99.4 Å². The lowest BCUT2D eigenvalue weighted by molar-refractivity contribution is -0.138. The van der Waals surface area contributed by atoms with Crippen molar-refractivity contribution in [2.24, 2.45) is 22.7 Å². The minimum atomic E-state index is -0.713. The number of carbonyl (C=O) groups is 4. The molecule has 3 aromatic carbocycles. The lowest BCUT2D eigenvalue weighted by Crippen LogP contribution is -2.53. The first-order chi connectivity index (χ1) is 29.8. The molecule has 328 valence electrons. The van der Waals surface area contributed by atoms with Crippen molar-refractivity contribution in [3.05, 3.63) is 65.6 Å². The first-order valence-corrected chi connectivity index (χ1v) is 22.1. The second kappa shape index (κ2) is 17.5. The summed E-state index contributed by atoms with van der Waals surface area (Å²) in [6, 6.07) is 13.2. The van der Waals surface area contributed by atoms with E-state index in [9.17, 15) is 19.2 Å². The third-order valence-corrected chi connectivity index (χ3v) is 13.5. The number of methoxy groups -OCH3 is 2. The molecule has 4 aliphatic rings. The number of nitrogens with one attached hydrogen (secondary N) is 3. The van der Waals surface area contributed by atoms with Gasteiger partial charge >= 0.3 is 12.2 Å². The smallest absolute Gasteiger partial charge is 0.407 e. The standard InChI is InChI=1S/C48H59N7O7/c1-9-27-17-40(54(23-27)45(56)42(25(3)4)52-47(58)60-7)37-20-34-33-21-41-35(19-28(33)12-15-36(34)50-37)32-14-11-29(18-30(32)24-62-41)38-22-49-44(51-38)39-16-13-31(10-2)55(39)46(57)43(26(5)6)53-48(59)61-8/h11-12,14-15,18-19,21-22,25-27,31,39-40,42-43H,9-10,13,16-17,20,23-24H2,1-8H3,(H,49,51)(H,52,58)(H,53,59)/t27-,31-,39-,40-,42-,43-/m0/s1. The zero-order valence-corrected chi connectivity index (χ0v) is 37.0. The molecule has 0 unspecified atom stereocenters. The number of H-pyrrole nitrogens is 1. The number of imidazole rings is 1. The lowest BCUT2D eigenvalue weighted by Gasteiger charge is -2.34. The number of likely N-dealkylation sites (tertiary alicyclic amines) is 2. The molecule has 0 bridgehead atoms. The number of nitrogens with zero attached hydrogens (tertiary/aromatic N) is 4. The number of hydrogen-bond acceptors (Lipinski definition) is 9. The Morgan fingerprint density at radius 2 is 1.60 bits per heavy atom. The lowest BCUT2D eigenvalue weighted by atomic mass is 9.90. The van der Waals surface area contributed by atoms with Gasteiger partial charge in [0, 0.05) is 30.3 Å². The molecule has 0 aliphatic carbocycles. The van der Waals surface area contributed by atoms with Crippen molar-refractivity contribution < 1.29 is 33.4 Å². The molecule has 62 heavy (non-hydrogen) atoms. The van der Waals surface area contributed by atoms with Crippen LogP contribution in [0.25, 0.3) is 33.2 Å². The van der Waals surface area contributed by atoms with Crippen LogP contribution in [-0.2, 0) is 32.1 Å². The van der Waals surface area contributed by atoms with Crippen molar-refractivity contribution in [2.45, 2.75) is 117 Å². The molecule has 14 heteroatoms. The minimum Gasteiger partial charge on any atom is -0.488 e. The number of fused-ring (bicyclic) bond motifs is 6. The van der Waals surface area contributed by atoms with Gasteiger partial charge in [0.05, 0.1) is 43.9 Å². The highest BCUT2D eigenvalue weighted by Crippen LogP contribution is 2.45. The van der Waals surface area contributed by atoms with Gasteiger partial charge in [-0.2, -0.15) is 0 Å². The molecule has 6 atom stereocenters. The van der Waals surface area contributed by atoms with E-state index in [0.29, 0.717) is 25.5 Å². The van der Waals surface area contributed by atoms with Gasteiger partial charge < -0.3 is 39.6 Å². The van der Waals surface area contributed by atoms with E-state index in [-0.39, 0.29) is 41.8 Å². The second-order valence-electron chi connectivity index (χ2n) is 17.9. The fraction of sp³-hybridized carbons (Fsp3) is 0.500. The zero-order valence-electron chi connectivity index (χ0n) is 37.0. The Balaban J connectivity index is 1.02. The molecule has 0 saturated carbocycles. The van der Waals surface area contributed by atoms with E-state index in [1.54, 1.807) is 0 Å². The number of hydrogen-bond donors (Lipinski definition) is 3. The fourth-order valence-electron chi connectivity index (χ4n) is 9.94. The number of benzene rings is 3. The van der Waals surface area contributed by atoms with Crippen molar-refractivity contribution in [1.29, 1.82) is 0 Å². The second-order valence-corrected chi connectivity index (χ2v) is 17.9. The molecule has 8 rings (SSSR count).